The number of nitrogens with one attached hydrogen (secondary N) is 4. The molecule has 53 heavy (non-hydrogen) atoms. The molecule has 14 heteroatoms. The zero-order valence-electron chi connectivity index (χ0n) is 31.2. The first kappa shape index (κ1) is 42.6. The van der Waals surface area contributed by atoms with Crippen molar-refractivity contribution < 1.29 is 42.9 Å². The van der Waals surface area contributed by atoms with Crippen LogP contribution in [0.4, 0.5) is 5.69 Å². The van der Waals surface area contributed by atoms with E-state index in [0.29, 0.717) is 59.3 Å². The average molecular weight is 736 g/mol. The first-order valence-electron chi connectivity index (χ1n) is 18.0. The lowest BCUT2D eigenvalue weighted by atomic mass is 10.0. The summed E-state index contributed by atoms with van der Waals surface area (Å²) >= 11 is 0. The minimum absolute atomic E-state index is 0.0645. The van der Waals surface area contributed by atoms with Crippen molar-refractivity contribution >= 4 is 35.2 Å². The van der Waals surface area contributed by atoms with Crippen LogP contribution in [0.1, 0.15) is 56.7 Å². The molecule has 1 aliphatic heterocycles. The quantitative estimate of drug-likeness (QED) is 0.0979. The van der Waals surface area contributed by atoms with E-state index in [1.54, 1.807) is 11.8 Å². The summed E-state index contributed by atoms with van der Waals surface area (Å²) in [7, 11) is 1.49. The third kappa shape index (κ3) is 15.4. The van der Waals surface area contributed by atoms with Crippen molar-refractivity contribution in [3.63, 3.8) is 0 Å². The van der Waals surface area contributed by atoms with E-state index in [1.165, 1.54) is 7.05 Å². The number of benzene rings is 2. The van der Waals surface area contributed by atoms with Gasteiger partial charge in [0.05, 0.1) is 65.1 Å². The summed E-state index contributed by atoms with van der Waals surface area (Å²) in [4.78, 5) is 63.9. The number of fused-ring (bicyclic) bond motifs is 2. The maximum atomic E-state index is 13.3. The maximum Gasteiger partial charge on any atom is 0.243 e. The molecule has 3 rings (SSSR count). The molecule has 0 saturated heterocycles. The SMILES string of the molecule is CNC(=O)C(C)NC(=O)C(NC(=O)CCOCCOCCOCCOCCNC(=O)CCC(=O)N1Cc2ccccc2C#Cc2ccccc21)C(C)C. The van der Waals surface area contributed by atoms with Gasteiger partial charge in [-0.15, -0.1) is 0 Å². The van der Waals surface area contributed by atoms with Crippen molar-refractivity contribution in [2.45, 2.75) is 58.7 Å². The number of carbonyl (C=O) groups excluding carboxylic acids is 5. The molecule has 0 fully saturated rings. The van der Waals surface area contributed by atoms with E-state index in [9.17, 15) is 24.0 Å². The van der Waals surface area contributed by atoms with Crippen LogP contribution in [-0.4, -0.2) is 108 Å². The topological polar surface area (TPSA) is 174 Å². The van der Waals surface area contributed by atoms with Crippen LogP contribution < -0.4 is 26.2 Å². The van der Waals surface area contributed by atoms with Crippen LogP contribution in [0.25, 0.3) is 0 Å². The minimum Gasteiger partial charge on any atom is -0.379 e. The lowest BCUT2D eigenvalue weighted by Crippen LogP contribution is -2.54. The second-order valence-electron chi connectivity index (χ2n) is 12.6. The van der Waals surface area contributed by atoms with Gasteiger partial charge in [0, 0.05) is 44.0 Å². The number of hydrogen-bond acceptors (Lipinski definition) is 9. The number of carbonyl (C=O) groups is 5. The second kappa shape index (κ2) is 23.7. The fourth-order valence-electron chi connectivity index (χ4n) is 5.21. The normalized spacial score (nSPS) is 12.9. The molecule has 0 spiro atoms. The van der Waals surface area contributed by atoms with Crippen LogP contribution in [0.5, 0.6) is 0 Å². The molecule has 0 bridgehead atoms. The number of likely N-dealkylation sites (N-methyl/N-ethyl adjacent to an activating group) is 1. The van der Waals surface area contributed by atoms with Gasteiger partial charge in [-0.3, -0.25) is 24.0 Å². The van der Waals surface area contributed by atoms with Crippen molar-refractivity contribution in [2.75, 3.05) is 71.3 Å². The summed E-state index contributed by atoms with van der Waals surface area (Å²) in [6.45, 7) is 8.44. The van der Waals surface area contributed by atoms with E-state index < -0.39 is 18.0 Å². The highest BCUT2D eigenvalue weighted by Gasteiger charge is 2.27. The fraction of sp³-hybridized carbons (Fsp3) is 0.513. The van der Waals surface area contributed by atoms with E-state index in [4.69, 9.17) is 18.9 Å². The Morgan fingerprint density at radius 2 is 1.26 bits per heavy atom. The van der Waals surface area contributed by atoms with Gasteiger partial charge in [-0.05, 0) is 36.6 Å². The number of amides is 5. The number of rotatable bonds is 23. The van der Waals surface area contributed by atoms with Crippen LogP contribution in [0.3, 0.4) is 0 Å². The standard InChI is InChI=1S/C39H53N5O9/c1-28(2)37(39(49)42-29(3)38(48)40-4)43-35(46)17-19-50-21-23-52-25-26-53-24-22-51-20-18-41-34(45)15-16-36(47)44-27-32-11-6-5-9-30(32)13-14-31-10-7-8-12-33(31)44/h5-12,28-29,37H,15-27H2,1-4H3,(H,40,48)(H,41,45)(H,42,49)(H,43,46). The largest absolute Gasteiger partial charge is 0.379 e. The van der Waals surface area contributed by atoms with Gasteiger partial charge >= 0.3 is 0 Å². The molecular weight excluding hydrogens is 682 g/mol. The molecule has 288 valence electrons. The van der Waals surface area contributed by atoms with Gasteiger partial charge in [0.2, 0.25) is 29.5 Å². The monoisotopic (exact) mass is 735 g/mol. The average Bonchev–Trinajstić information content (AvgIpc) is 3.14. The van der Waals surface area contributed by atoms with Crippen LogP contribution >= 0.6 is 0 Å². The highest BCUT2D eigenvalue weighted by atomic mass is 16.6. The van der Waals surface area contributed by atoms with E-state index in [2.05, 4.69) is 33.1 Å². The Balaban J connectivity index is 1.16. The molecule has 1 heterocycles. The molecule has 0 aliphatic carbocycles. The lowest BCUT2D eigenvalue weighted by Gasteiger charge is -2.26. The van der Waals surface area contributed by atoms with E-state index >= 15 is 0 Å². The molecule has 0 aromatic heterocycles. The number of ether oxygens (including phenoxy) is 4. The van der Waals surface area contributed by atoms with Gasteiger partial charge in [-0.2, -0.15) is 0 Å². The van der Waals surface area contributed by atoms with Gasteiger partial charge in [-0.25, -0.2) is 0 Å². The third-order valence-electron chi connectivity index (χ3n) is 8.16. The predicted octanol–water partition coefficient (Wildman–Crippen LogP) is 1.68. The van der Waals surface area contributed by atoms with Gasteiger partial charge in [0.25, 0.3) is 0 Å². The minimum atomic E-state index is -0.770. The number of hydrogen-bond donors (Lipinski definition) is 4. The Hall–Kier alpha value is -4.81. The zero-order chi connectivity index (χ0) is 38.4. The van der Waals surface area contributed by atoms with Gasteiger partial charge in [-0.1, -0.05) is 56.0 Å². The highest BCUT2D eigenvalue weighted by Crippen LogP contribution is 2.26. The Morgan fingerprint density at radius 3 is 1.92 bits per heavy atom. The van der Waals surface area contributed by atoms with Crippen LogP contribution in [0.2, 0.25) is 0 Å². The Labute approximate surface area is 312 Å². The van der Waals surface area contributed by atoms with Crippen LogP contribution in [0.15, 0.2) is 48.5 Å². The summed E-state index contributed by atoms with van der Waals surface area (Å²) in [5.41, 5.74) is 3.35. The van der Waals surface area contributed by atoms with E-state index in [0.717, 1.165) is 22.4 Å². The molecule has 2 aromatic carbocycles. The molecule has 0 saturated carbocycles. The third-order valence-corrected chi connectivity index (χ3v) is 8.16. The van der Waals surface area contributed by atoms with Gasteiger partial charge in [0.1, 0.15) is 12.1 Å². The Bertz CT molecular complexity index is 1570. The molecular formula is C39H53N5O9. The lowest BCUT2D eigenvalue weighted by molar-refractivity contribution is -0.133. The maximum absolute atomic E-state index is 13.3. The summed E-state index contributed by atoms with van der Waals surface area (Å²) in [5.74, 6) is 4.76. The number of anilines is 1. The van der Waals surface area contributed by atoms with Crippen molar-refractivity contribution in [3.8, 4) is 11.8 Å². The number of nitrogens with zero attached hydrogens (tertiary/aromatic N) is 1. The van der Waals surface area contributed by atoms with Crippen molar-refractivity contribution in [3.05, 3.63) is 65.2 Å². The first-order chi connectivity index (χ1) is 25.6. The molecule has 1 aliphatic rings. The van der Waals surface area contributed by atoms with Crippen molar-refractivity contribution in [2.24, 2.45) is 5.92 Å². The van der Waals surface area contributed by atoms with Crippen LogP contribution in [-0.2, 0) is 49.5 Å². The molecule has 4 N–H and O–H groups in total. The smallest absolute Gasteiger partial charge is 0.243 e. The summed E-state index contributed by atoms with van der Waals surface area (Å²) in [5, 5.41) is 10.6. The summed E-state index contributed by atoms with van der Waals surface area (Å²) in [6.07, 6.45) is 0.210. The molecule has 2 aromatic rings. The Morgan fingerprint density at radius 1 is 0.679 bits per heavy atom. The van der Waals surface area contributed by atoms with E-state index in [1.807, 2.05) is 62.4 Å². The Kier molecular flexibility index (Phi) is 19.0. The van der Waals surface area contributed by atoms with Gasteiger partial charge < -0.3 is 45.1 Å². The molecule has 14 nitrogen and oxygen atoms in total. The van der Waals surface area contributed by atoms with E-state index in [-0.39, 0.29) is 55.4 Å². The molecule has 2 unspecified atom stereocenters. The molecule has 2 atom stereocenters. The zero-order valence-corrected chi connectivity index (χ0v) is 31.2. The highest BCUT2D eigenvalue weighted by molar-refractivity contribution is 5.97. The fourth-order valence-corrected chi connectivity index (χ4v) is 5.21. The first-order valence-corrected chi connectivity index (χ1v) is 18.0. The molecule has 5 amide bonds. The van der Waals surface area contributed by atoms with Crippen LogP contribution in [0, 0.1) is 17.8 Å². The summed E-state index contributed by atoms with van der Waals surface area (Å²) in [6, 6.07) is 13.8. The predicted molar refractivity (Wildman–Crippen MR) is 199 cm³/mol. The number of para-hydroxylation sites is 1. The van der Waals surface area contributed by atoms with Crippen molar-refractivity contribution in [1.29, 1.82) is 0 Å². The van der Waals surface area contributed by atoms with Gasteiger partial charge in [0.15, 0.2) is 0 Å². The van der Waals surface area contributed by atoms with Crippen molar-refractivity contribution in [1.82, 2.24) is 21.3 Å². The summed E-state index contributed by atoms with van der Waals surface area (Å²) < 4.78 is 21.9. The second-order valence-corrected chi connectivity index (χ2v) is 12.6. The molecule has 0 radical (unpaired) electrons.